The summed E-state index contributed by atoms with van der Waals surface area (Å²) in [7, 11) is 0. The van der Waals surface area contributed by atoms with Crippen LogP contribution in [-0.2, 0) is 14.3 Å². The minimum Gasteiger partial charge on any atom is -0.459 e. The van der Waals surface area contributed by atoms with Crippen LogP contribution in [0.25, 0.3) is 0 Å². The van der Waals surface area contributed by atoms with E-state index in [-0.39, 0.29) is 16.8 Å². The Labute approximate surface area is 168 Å². The maximum Gasteiger partial charge on any atom is 0.342 e. The number of carbonyl (C=O) groups excluding carboxylic acids is 3. The lowest BCUT2D eigenvalue weighted by Gasteiger charge is -2.10. The fourth-order valence-electron chi connectivity index (χ4n) is 2.41. The molecule has 1 aromatic heterocycles. The Balaban J connectivity index is 1.92. The van der Waals surface area contributed by atoms with Crippen LogP contribution in [0.1, 0.15) is 45.8 Å². The molecule has 1 heterocycles. The first-order chi connectivity index (χ1) is 13.2. The maximum absolute atomic E-state index is 12.2. The molecule has 0 unspecified atom stereocenters. The van der Waals surface area contributed by atoms with Gasteiger partial charge in [0.15, 0.2) is 6.61 Å². The molecule has 0 aliphatic rings. The van der Waals surface area contributed by atoms with Gasteiger partial charge in [-0.05, 0) is 63.6 Å². The van der Waals surface area contributed by atoms with Gasteiger partial charge < -0.3 is 14.8 Å². The van der Waals surface area contributed by atoms with Crippen molar-refractivity contribution in [3.63, 3.8) is 0 Å². The van der Waals surface area contributed by atoms with Crippen LogP contribution in [0.3, 0.4) is 0 Å². The third-order valence-corrected chi connectivity index (χ3v) is 3.86. The highest BCUT2D eigenvalue weighted by atomic mass is 35.5. The fraction of sp³-hybridized carbons (Fsp3) is 0.300. The summed E-state index contributed by atoms with van der Waals surface area (Å²) in [5, 5.41) is 2.61. The summed E-state index contributed by atoms with van der Waals surface area (Å²) < 4.78 is 10.1. The predicted octanol–water partition coefficient (Wildman–Crippen LogP) is 3.71. The van der Waals surface area contributed by atoms with Gasteiger partial charge in [-0.3, -0.25) is 4.79 Å². The summed E-state index contributed by atoms with van der Waals surface area (Å²) in [5.41, 5.74) is 2.25. The van der Waals surface area contributed by atoms with Gasteiger partial charge in [-0.15, -0.1) is 0 Å². The lowest BCUT2D eigenvalue weighted by molar-refractivity contribution is -0.119. The molecule has 0 fully saturated rings. The van der Waals surface area contributed by atoms with Crippen LogP contribution in [0, 0.1) is 13.8 Å². The van der Waals surface area contributed by atoms with Gasteiger partial charge in [-0.1, -0.05) is 11.6 Å². The lowest BCUT2D eigenvalue weighted by atomic mass is 10.1. The van der Waals surface area contributed by atoms with E-state index in [4.69, 9.17) is 21.1 Å². The number of aromatic nitrogens is 1. The highest BCUT2D eigenvalue weighted by molar-refractivity contribution is 6.32. The van der Waals surface area contributed by atoms with Crippen molar-refractivity contribution in [3.05, 3.63) is 57.9 Å². The van der Waals surface area contributed by atoms with Gasteiger partial charge in [0.1, 0.15) is 5.15 Å². The molecule has 0 aliphatic carbocycles. The van der Waals surface area contributed by atoms with Crippen molar-refractivity contribution >= 4 is 35.1 Å². The number of halogens is 1. The Kier molecular flexibility index (Phi) is 7.12. The quantitative estimate of drug-likeness (QED) is 0.582. The Morgan fingerprint density at radius 2 is 1.75 bits per heavy atom. The number of pyridine rings is 1. The molecule has 0 aliphatic heterocycles. The van der Waals surface area contributed by atoms with Crippen molar-refractivity contribution in [1.29, 1.82) is 0 Å². The number of esters is 2. The van der Waals surface area contributed by atoms with E-state index in [1.807, 2.05) is 0 Å². The topological polar surface area (TPSA) is 94.6 Å². The summed E-state index contributed by atoms with van der Waals surface area (Å²) in [6, 6.07) is 7.89. The number of hydrogen-bond donors (Lipinski definition) is 1. The van der Waals surface area contributed by atoms with Gasteiger partial charge in [0.25, 0.3) is 5.91 Å². The first-order valence-electron chi connectivity index (χ1n) is 8.59. The van der Waals surface area contributed by atoms with Crippen LogP contribution < -0.4 is 5.32 Å². The average Bonchev–Trinajstić information content (AvgIpc) is 2.59. The smallest absolute Gasteiger partial charge is 0.342 e. The van der Waals surface area contributed by atoms with Crippen molar-refractivity contribution < 1.29 is 23.9 Å². The Bertz CT molecular complexity index is 871. The molecule has 1 N–H and O–H groups in total. The van der Waals surface area contributed by atoms with Crippen LogP contribution in [0.5, 0.6) is 0 Å². The minimum atomic E-state index is -0.725. The molecule has 0 spiro atoms. The number of hydrogen-bond acceptors (Lipinski definition) is 6. The van der Waals surface area contributed by atoms with Crippen molar-refractivity contribution in [1.82, 2.24) is 4.98 Å². The molecule has 2 rings (SSSR count). The molecule has 0 atom stereocenters. The van der Waals surface area contributed by atoms with Gasteiger partial charge in [0.2, 0.25) is 0 Å². The molecule has 2 aromatic rings. The molecule has 1 amide bonds. The van der Waals surface area contributed by atoms with Crippen molar-refractivity contribution in [2.75, 3.05) is 11.9 Å². The normalized spacial score (nSPS) is 10.5. The van der Waals surface area contributed by atoms with Crippen molar-refractivity contribution in [2.24, 2.45) is 0 Å². The monoisotopic (exact) mass is 404 g/mol. The van der Waals surface area contributed by atoms with Gasteiger partial charge in [-0.25, -0.2) is 14.6 Å². The number of benzene rings is 1. The maximum atomic E-state index is 12.2. The van der Waals surface area contributed by atoms with Gasteiger partial charge in [-0.2, -0.15) is 0 Å². The zero-order valence-electron chi connectivity index (χ0n) is 16.0. The SMILES string of the molecule is Cc1cc(C)c(C(=O)OCC(=O)Nc2ccc(C(=O)OC(C)C)cc2)c(Cl)n1. The number of rotatable bonds is 6. The van der Waals surface area contributed by atoms with Crippen LogP contribution >= 0.6 is 11.6 Å². The van der Waals surface area contributed by atoms with E-state index in [2.05, 4.69) is 10.3 Å². The van der Waals surface area contributed by atoms with E-state index in [0.29, 0.717) is 22.5 Å². The number of carbonyl (C=O) groups is 3. The molecule has 7 nitrogen and oxygen atoms in total. The van der Waals surface area contributed by atoms with Gasteiger partial charge >= 0.3 is 11.9 Å². The third-order valence-electron chi connectivity index (χ3n) is 3.59. The summed E-state index contributed by atoms with van der Waals surface area (Å²) in [6.07, 6.45) is -0.220. The highest BCUT2D eigenvalue weighted by Gasteiger charge is 2.18. The molecular formula is C20H21ClN2O5. The van der Waals surface area contributed by atoms with E-state index in [1.165, 1.54) is 12.1 Å². The molecule has 0 bridgehead atoms. The molecule has 148 valence electrons. The van der Waals surface area contributed by atoms with E-state index in [9.17, 15) is 14.4 Å². The van der Waals surface area contributed by atoms with E-state index in [0.717, 1.165) is 0 Å². The number of amides is 1. The Hall–Kier alpha value is -2.93. The molecule has 0 radical (unpaired) electrons. The second-order valence-electron chi connectivity index (χ2n) is 6.40. The van der Waals surface area contributed by atoms with Crippen molar-refractivity contribution in [3.8, 4) is 0 Å². The Morgan fingerprint density at radius 3 is 2.32 bits per heavy atom. The van der Waals surface area contributed by atoms with E-state index >= 15 is 0 Å². The first kappa shape index (κ1) is 21.4. The summed E-state index contributed by atoms with van der Waals surface area (Å²) >= 11 is 6.00. The standard InChI is InChI=1S/C20H21ClN2O5/c1-11(2)28-19(25)14-5-7-15(8-6-14)23-16(24)10-27-20(26)17-12(3)9-13(4)22-18(17)21/h5-9,11H,10H2,1-4H3,(H,23,24). The van der Waals surface area contributed by atoms with Gasteiger partial charge in [0, 0.05) is 11.4 Å². The van der Waals surface area contributed by atoms with Crippen molar-refractivity contribution in [2.45, 2.75) is 33.8 Å². The number of nitrogens with zero attached hydrogens (tertiary/aromatic N) is 1. The molecule has 8 heteroatoms. The largest absolute Gasteiger partial charge is 0.459 e. The average molecular weight is 405 g/mol. The van der Waals surface area contributed by atoms with Crippen LogP contribution in [0.4, 0.5) is 5.69 Å². The van der Waals surface area contributed by atoms with E-state index < -0.39 is 24.5 Å². The second kappa shape index (κ2) is 9.32. The molecule has 1 aromatic carbocycles. The van der Waals surface area contributed by atoms with Crippen LogP contribution in [-0.4, -0.2) is 35.5 Å². The third kappa shape index (κ3) is 5.79. The number of anilines is 1. The van der Waals surface area contributed by atoms with Crippen LogP contribution in [0.2, 0.25) is 5.15 Å². The summed E-state index contributed by atoms with van der Waals surface area (Å²) in [6.45, 7) is 6.50. The molecule has 28 heavy (non-hydrogen) atoms. The fourth-order valence-corrected chi connectivity index (χ4v) is 2.77. The number of nitrogens with one attached hydrogen (secondary N) is 1. The summed E-state index contributed by atoms with van der Waals surface area (Å²) in [4.78, 5) is 40.0. The number of aryl methyl sites for hydroxylation is 2. The second-order valence-corrected chi connectivity index (χ2v) is 6.76. The molecular weight excluding hydrogens is 384 g/mol. The highest BCUT2D eigenvalue weighted by Crippen LogP contribution is 2.19. The zero-order chi connectivity index (χ0) is 20.8. The molecule has 0 saturated heterocycles. The molecule has 0 saturated carbocycles. The van der Waals surface area contributed by atoms with Gasteiger partial charge in [0.05, 0.1) is 17.2 Å². The minimum absolute atomic E-state index is 0.0341. The summed E-state index contributed by atoms with van der Waals surface area (Å²) in [5.74, 6) is -1.70. The first-order valence-corrected chi connectivity index (χ1v) is 8.97. The predicted molar refractivity (Wildman–Crippen MR) is 105 cm³/mol. The lowest BCUT2D eigenvalue weighted by Crippen LogP contribution is -2.21. The zero-order valence-corrected chi connectivity index (χ0v) is 16.8. The Morgan fingerprint density at radius 1 is 1.11 bits per heavy atom. The van der Waals surface area contributed by atoms with Crippen LogP contribution in [0.15, 0.2) is 30.3 Å². The van der Waals surface area contributed by atoms with E-state index in [1.54, 1.807) is 45.9 Å². The number of ether oxygens (including phenoxy) is 2.